The summed E-state index contributed by atoms with van der Waals surface area (Å²) in [6.45, 7) is 7.74. The quantitative estimate of drug-likeness (QED) is 0.148. The van der Waals surface area contributed by atoms with Crippen LogP contribution in [-0.4, -0.2) is 37.1 Å². The van der Waals surface area contributed by atoms with Crippen molar-refractivity contribution in [2.75, 3.05) is 13.7 Å². The number of fused-ring (bicyclic) bond motifs is 1. The first-order valence-corrected chi connectivity index (χ1v) is 14.3. The van der Waals surface area contributed by atoms with Gasteiger partial charge in [0.2, 0.25) is 10.9 Å². The Labute approximate surface area is 233 Å². The second-order valence-electron chi connectivity index (χ2n) is 8.25. The fourth-order valence-corrected chi connectivity index (χ4v) is 6.57. The summed E-state index contributed by atoms with van der Waals surface area (Å²) >= 11 is 7.32. The molecule has 39 heavy (non-hydrogen) atoms. The van der Waals surface area contributed by atoms with Gasteiger partial charge < -0.3 is 9.47 Å². The van der Waals surface area contributed by atoms with Crippen LogP contribution in [0, 0.1) is 6.57 Å². The molecule has 2 aromatic carbocycles. The molecule has 0 aliphatic heterocycles. The molecular weight excluding hydrogens is 558 g/mol. The number of carbonyl (C=O) groups excluding carboxylic acids is 1. The Morgan fingerprint density at radius 1 is 1.08 bits per heavy atom. The van der Waals surface area contributed by atoms with Gasteiger partial charge in [0.05, 0.1) is 41.9 Å². The minimum atomic E-state index is -4.15. The summed E-state index contributed by atoms with van der Waals surface area (Å²) in [6, 6.07) is 19.9. The number of thiophene rings is 1. The zero-order chi connectivity index (χ0) is 27.6. The largest absolute Gasteiger partial charge is 0.477 e. The average Bonchev–Trinajstić information content (AvgIpc) is 3.55. The van der Waals surface area contributed by atoms with E-state index in [0.717, 1.165) is 0 Å². The van der Waals surface area contributed by atoms with E-state index in [0.29, 0.717) is 37.7 Å². The highest BCUT2D eigenvalue weighted by Gasteiger charge is 2.30. The first-order chi connectivity index (χ1) is 18.8. The Kier molecular flexibility index (Phi) is 7.39. The van der Waals surface area contributed by atoms with Crippen molar-refractivity contribution in [3.63, 3.8) is 0 Å². The average molecular weight is 578 g/mol. The number of aromatic nitrogens is 2. The van der Waals surface area contributed by atoms with Gasteiger partial charge in [-0.3, -0.25) is 4.79 Å². The minimum Gasteiger partial charge on any atom is -0.477 e. The van der Waals surface area contributed by atoms with Crippen LogP contribution in [0.5, 0.6) is 5.88 Å². The maximum Gasteiger partial charge on any atom is 0.308 e. The number of ether oxygens (including phenoxy) is 2. The van der Waals surface area contributed by atoms with E-state index in [1.807, 2.05) is 12.1 Å². The Bertz CT molecular complexity index is 1840. The lowest BCUT2D eigenvalue weighted by Gasteiger charge is -2.14. The summed E-state index contributed by atoms with van der Waals surface area (Å²) in [4.78, 5) is 19.8. The number of benzene rings is 2. The van der Waals surface area contributed by atoms with Crippen LogP contribution in [0.25, 0.3) is 38.3 Å². The number of pyridine rings is 1. The molecule has 0 atom stereocenters. The molecule has 0 saturated carbocycles. The molecule has 0 unspecified atom stereocenters. The van der Waals surface area contributed by atoms with Gasteiger partial charge in [-0.25, -0.2) is 22.2 Å². The standard InChI is InChI=1S/C28H20ClN3O5S2/c1-30-28-21(15-17-38-28)26-20-6-3-4-8-23(20)32(39(34,35)19-12-10-18(29)11-13-19)27(26)22-7-5-9-24(31-22)37-16-14-25(33)36-2/h3-13,15,17H,14,16H2,2H3. The van der Waals surface area contributed by atoms with Crippen molar-refractivity contribution in [2.45, 2.75) is 11.3 Å². The summed E-state index contributed by atoms with van der Waals surface area (Å²) in [5.74, 6) is -0.217. The Morgan fingerprint density at radius 3 is 2.59 bits per heavy atom. The van der Waals surface area contributed by atoms with Gasteiger partial charge in [-0.05, 0) is 41.8 Å². The Hall–Kier alpha value is -4.17. The summed E-state index contributed by atoms with van der Waals surface area (Å²) in [5.41, 5.74) is 2.20. The zero-order valence-corrected chi connectivity index (χ0v) is 22.9. The molecule has 0 aliphatic carbocycles. The van der Waals surface area contributed by atoms with Crippen LogP contribution in [0.2, 0.25) is 5.02 Å². The second kappa shape index (κ2) is 10.9. The molecule has 0 fully saturated rings. The minimum absolute atomic E-state index is 0.0299. The van der Waals surface area contributed by atoms with E-state index >= 15 is 0 Å². The summed E-state index contributed by atoms with van der Waals surface area (Å²) in [7, 11) is -2.86. The molecule has 5 aromatic rings. The number of halogens is 1. The van der Waals surface area contributed by atoms with Gasteiger partial charge in [-0.1, -0.05) is 41.9 Å². The molecule has 3 aromatic heterocycles. The second-order valence-corrected chi connectivity index (χ2v) is 11.4. The third-order valence-corrected chi connectivity index (χ3v) is 8.74. The highest BCUT2D eigenvalue weighted by atomic mass is 35.5. The number of hydrogen-bond acceptors (Lipinski definition) is 7. The van der Waals surface area contributed by atoms with Gasteiger partial charge in [0.1, 0.15) is 6.61 Å². The number of para-hydroxylation sites is 1. The van der Waals surface area contributed by atoms with E-state index in [-0.39, 0.29) is 29.5 Å². The van der Waals surface area contributed by atoms with Crippen LogP contribution in [-0.2, 0) is 19.6 Å². The molecular formula is C28H20ClN3O5S2. The van der Waals surface area contributed by atoms with Crippen molar-refractivity contribution in [1.29, 1.82) is 0 Å². The van der Waals surface area contributed by atoms with Crippen molar-refractivity contribution < 1.29 is 22.7 Å². The molecule has 0 aliphatic rings. The van der Waals surface area contributed by atoms with E-state index in [1.54, 1.807) is 41.8 Å². The number of methoxy groups -OCH3 is 1. The maximum atomic E-state index is 14.2. The number of carbonyl (C=O) groups is 1. The summed E-state index contributed by atoms with van der Waals surface area (Å²) in [5, 5.41) is 3.28. The summed E-state index contributed by atoms with van der Waals surface area (Å²) < 4.78 is 40.0. The fraction of sp³-hybridized carbons (Fsp3) is 0.107. The van der Waals surface area contributed by atoms with Crippen LogP contribution in [0.3, 0.4) is 0 Å². The van der Waals surface area contributed by atoms with E-state index in [4.69, 9.17) is 22.9 Å². The SMILES string of the molecule is [C-]#[N+]c1sccc1-c1c(-c2cccc(OCCC(=O)OC)n2)n(S(=O)(=O)c2ccc(Cl)cc2)c2ccccc12. The number of nitrogens with zero attached hydrogens (tertiary/aromatic N) is 3. The van der Waals surface area contributed by atoms with Gasteiger partial charge in [-0.2, -0.15) is 11.3 Å². The topological polar surface area (TPSA) is 91.8 Å². The lowest BCUT2D eigenvalue weighted by molar-refractivity contribution is -0.141. The number of rotatable bonds is 8. The molecule has 5 rings (SSSR count). The molecule has 196 valence electrons. The predicted octanol–water partition coefficient (Wildman–Crippen LogP) is 6.81. The van der Waals surface area contributed by atoms with Crippen LogP contribution in [0.4, 0.5) is 5.00 Å². The van der Waals surface area contributed by atoms with Crippen molar-refractivity contribution in [1.82, 2.24) is 8.96 Å². The van der Waals surface area contributed by atoms with Crippen LogP contribution >= 0.6 is 22.9 Å². The molecule has 0 amide bonds. The van der Waals surface area contributed by atoms with Gasteiger partial charge in [-0.15, -0.1) is 0 Å². The first kappa shape index (κ1) is 26.4. The lowest BCUT2D eigenvalue weighted by Crippen LogP contribution is -2.15. The van der Waals surface area contributed by atoms with Crippen molar-refractivity contribution in [3.8, 4) is 28.4 Å². The molecule has 0 radical (unpaired) electrons. The van der Waals surface area contributed by atoms with Crippen LogP contribution < -0.4 is 4.74 Å². The first-order valence-electron chi connectivity index (χ1n) is 11.6. The molecule has 0 saturated heterocycles. The van der Waals surface area contributed by atoms with Gasteiger partial charge in [0.15, 0.2) is 0 Å². The van der Waals surface area contributed by atoms with Crippen LogP contribution in [0.15, 0.2) is 83.1 Å². The zero-order valence-electron chi connectivity index (χ0n) is 20.5. The van der Waals surface area contributed by atoms with E-state index in [1.165, 1.54) is 46.7 Å². The third-order valence-electron chi connectivity index (χ3n) is 5.95. The number of esters is 1. The molecule has 0 N–H and O–H groups in total. The van der Waals surface area contributed by atoms with Gasteiger partial charge in [0.25, 0.3) is 10.0 Å². The summed E-state index contributed by atoms with van der Waals surface area (Å²) in [6.07, 6.45) is 0.0299. The molecule has 3 heterocycles. The van der Waals surface area contributed by atoms with Crippen molar-refractivity contribution >= 4 is 54.8 Å². The van der Waals surface area contributed by atoms with E-state index in [2.05, 4.69) is 14.6 Å². The maximum absolute atomic E-state index is 14.2. The van der Waals surface area contributed by atoms with Crippen molar-refractivity contribution in [2.24, 2.45) is 0 Å². The number of hydrogen-bond donors (Lipinski definition) is 0. The molecule has 8 nitrogen and oxygen atoms in total. The Balaban J connectivity index is 1.80. The van der Waals surface area contributed by atoms with Crippen molar-refractivity contribution in [3.05, 3.63) is 94.6 Å². The normalized spacial score (nSPS) is 11.3. The van der Waals surface area contributed by atoms with Gasteiger partial charge in [0, 0.05) is 27.6 Å². The molecule has 0 bridgehead atoms. The molecule has 11 heteroatoms. The van der Waals surface area contributed by atoms with Crippen LogP contribution in [0.1, 0.15) is 6.42 Å². The molecule has 0 spiro atoms. The fourth-order valence-electron chi connectivity index (χ4n) is 4.22. The van der Waals surface area contributed by atoms with E-state index < -0.39 is 16.0 Å². The third kappa shape index (κ3) is 5.00. The smallest absolute Gasteiger partial charge is 0.308 e. The Morgan fingerprint density at radius 2 is 1.85 bits per heavy atom. The van der Waals surface area contributed by atoms with Gasteiger partial charge >= 0.3 is 5.97 Å². The predicted molar refractivity (Wildman–Crippen MR) is 151 cm³/mol. The highest BCUT2D eigenvalue weighted by molar-refractivity contribution is 7.90. The monoisotopic (exact) mass is 577 g/mol. The van der Waals surface area contributed by atoms with E-state index in [9.17, 15) is 13.2 Å². The lowest BCUT2D eigenvalue weighted by atomic mass is 10.0. The highest BCUT2D eigenvalue weighted by Crippen LogP contribution is 2.47.